The van der Waals surface area contributed by atoms with Gasteiger partial charge in [-0.15, -0.1) is 10.2 Å². The average Bonchev–Trinajstić information content (AvgIpc) is 3.27. The lowest BCUT2D eigenvalue weighted by atomic mass is 10.1. The highest BCUT2D eigenvalue weighted by Gasteiger charge is 2.26. The van der Waals surface area contributed by atoms with Gasteiger partial charge in [-0.1, -0.05) is 41.9 Å². The largest absolute Gasteiger partial charge is 0.325 e. The molecule has 1 unspecified atom stereocenters. The number of rotatable bonds is 7. The minimum atomic E-state index is -3.57. The van der Waals surface area contributed by atoms with Crippen molar-refractivity contribution in [2.45, 2.75) is 55.3 Å². The van der Waals surface area contributed by atoms with E-state index in [1.807, 2.05) is 30.5 Å². The number of sulfonamides is 1. The van der Waals surface area contributed by atoms with Crippen molar-refractivity contribution in [1.29, 1.82) is 0 Å². The molecule has 0 spiro atoms. The highest BCUT2D eigenvalue weighted by atomic mass is 32.2. The number of aryl methyl sites for hydroxylation is 2. The molecular weight excluding hydrogens is 470 g/mol. The third-order valence-electron chi connectivity index (χ3n) is 5.83. The van der Waals surface area contributed by atoms with E-state index in [2.05, 4.69) is 21.6 Å². The van der Waals surface area contributed by atoms with Gasteiger partial charge in [0, 0.05) is 18.8 Å². The van der Waals surface area contributed by atoms with Crippen molar-refractivity contribution < 1.29 is 13.2 Å². The quantitative estimate of drug-likeness (QED) is 0.490. The molecule has 8 nitrogen and oxygen atoms in total. The first-order valence-corrected chi connectivity index (χ1v) is 13.6. The van der Waals surface area contributed by atoms with E-state index < -0.39 is 15.3 Å². The zero-order chi connectivity index (χ0) is 24.3. The molecule has 0 radical (unpaired) electrons. The first-order valence-electron chi connectivity index (χ1n) is 11.3. The van der Waals surface area contributed by atoms with Gasteiger partial charge in [-0.25, -0.2) is 8.42 Å². The molecule has 0 aliphatic carbocycles. The monoisotopic (exact) mass is 499 g/mol. The van der Waals surface area contributed by atoms with Crippen molar-refractivity contribution in [2.75, 3.05) is 18.4 Å². The van der Waals surface area contributed by atoms with Gasteiger partial charge in [-0.2, -0.15) is 4.31 Å². The van der Waals surface area contributed by atoms with Gasteiger partial charge in [0.2, 0.25) is 15.9 Å². The molecule has 1 saturated heterocycles. The summed E-state index contributed by atoms with van der Waals surface area (Å²) in [4.78, 5) is 13.1. The molecule has 1 N–H and O–H groups in total. The summed E-state index contributed by atoms with van der Waals surface area (Å²) in [7, 11) is -3.57. The van der Waals surface area contributed by atoms with Crippen molar-refractivity contribution in [3.63, 3.8) is 0 Å². The Kier molecular flexibility index (Phi) is 7.39. The number of carbonyl (C=O) groups excluding carboxylic acids is 1. The number of anilines is 1. The molecule has 3 aromatic rings. The smallest absolute Gasteiger partial charge is 0.243 e. The maximum absolute atomic E-state index is 13.0. The normalized spacial score (nSPS) is 15.7. The number of nitrogens with one attached hydrogen (secondary N) is 1. The van der Waals surface area contributed by atoms with E-state index in [0.717, 1.165) is 30.5 Å². The Bertz CT molecular complexity index is 1280. The van der Waals surface area contributed by atoms with E-state index in [1.54, 1.807) is 31.5 Å². The van der Waals surface area contributed by atoms with Crippen LogP contribution in [0.15, 0.2) is 58.8 Å². The molecule has 1 atom stereocenters. The Morgan fingerprint density at radius 1 is 1.09 bits per heavy atom. The molecule has 0 saturated carbocycles. The van der Waals surface area contributed by atoms with E-state index in [1.165, 1.54) is 27.7 Å². The van der Waals surface area contributed by atoms with Crippen LogP contribution in [0.3, 0.4) is 0 Å². The second-order valence-electron chi connectivity index (χ2n) is 8.52. The molecule has 2 heterocycles. The van der Waals surface area contributed by atoms with Crippen LogP contribution in [0.4, 0.5) is 5.69 Å². The number of benzene rings is 2. The number of piperidine rings is 1. The predicted octanol–water partition coefficient (Wildman–Crippen LogP) is 4.18. The van der Waals surface area contributed by atoms with Crippen molar-refractivity contribution in [3.8, 4) is 5.69 Å². The molecule has 180 valence electrons. The maximum atomic E-state index is 13.0. The van der Waals surface area contributed by atoms with Crippen LogP contribution in [-0.2, 0) is 14.8 Å². The van der Waals surface area contributed by atoms with Gasteiger partial charge in [0.15, 0.2) is 5.16 Å². The summed E-state index contributed by atoms with van der Waals surface area (Å²) in [5.41, 5.74) is 3.67. The van der Waals surface area contributed by atoms with Crippen LogP contribution in [0, 0.1) is 13.8 Å². The number of aromatic nitrogens is 3. The fourth-order valence-electron chi connectivity index (χ4n) is 3.99. The molecule has 4 rings (SSSR count). The van der Waals surface area contributed by atoms with E-state index >= 15 is 0 Å². The molecular formula is C24H29N5O3S2. The van der Waals surface area contributed by atoms with Crippen LogP contribution < -0.4 is 5.32 Å². The third kappa shape index (κ3) is 5.34. The second-order valence-corrected chi connectivity index (χ2v) is 11.8. The molecule has 1 aromatic heterocycles. The summed E-state index contributed by atoms with van der Waals surface area (Å²) in [6.45, 7) is 6.92. The zero-order valence-corrected chi connectivity index (χ0v) is 21.2. The lowest BCUT2D eigenvalue weighted by molar-refractivity contribution is -0.115. The van der Waals surface area contributed by atoms with Gasteiger partial charge in [-0.3, -0.25) is 9.36 Å². The summed E-state index contributed by atoms with van der Waals surface area (Å²) in [5.74, 6) is -0.243. The lowest BCUT2D eigenvalue weighted by Gasteiger charge is -2.26. The van der Waals surface area contributed by atoms with Gasteiger partial charge >= 0.3 is 0 Å². The van der Waals surface area contributed by atoms with Gasteiger partial charge in [0.1, 0.15) is 6.33 Å². The van der Waals surface area contributed by atoms with Crippen molar-refractivity contribution >= 4 is 33.4 Å². The van der Waals surface area contributed by atoms with Gasteiger partial charge in [0.05, 0.1) is 15.8 Å². The molecule has 34 heavy (non-hydrogen) atoms. The van der Waals surface area contributed by atoms with Crippen LogP contribution in [0.1, 0.15) is 37.3 Å². The SMILES string of the molecule is Cc1ccc(-n2cnnc2SC(C)C(=O)Nc2cccc(S(=O)(=O)N3CCCCC3)c2)c(C)c1. The first kappa shape index (κ1) is 24.4. The molecule has 1 aliphatic rings. The van der Waals surface area contributed by atoms with Crippen LogP contribution in [0.2, 0.25) is 0 Å². The standard InChI is InChI=1S/C24H29N5O3S2/c1-17-10-11-22(18(2)14-17)29-16-25-27-24(29)33-19(3)23(30)26-20-8-7-9-21(15-20)34(31,32)28-12-5-4-6-13-28/h7-11,14-16,19H,4-6,12-13H2,1-3H3,(H,26,30). The van der Waals surface area contributed by atoms with E-state index in [4.69, 9.17) is 0 Å². The fourth-order valence-corrected chi connectivity index (χ4v) is 6.39. The number of hydrogen-bond donors (Lipinski definition) is 1. The zero-order valence-electron chi connectivity index (χ0n) is 19.6. The van der Waals surface area contributed by atoms with E-state index in [0.29, 0.717) is 23.9 Å². The van der Waals surface area contributed by atoms with Crippen molar-refractivity contribution in [1.82, 2.24) is 19.1 Å². The molecule has 1 amide bonds. The summed E-state index contributed by atoms with van der Waals surface area (Å²) in [5, 5.41) is 11.2. The number of hydrogen-bond acceptors (Lipinski definition) is 6. The Balaban J connectivity index is 1.46. The van der Waals surface area contributed by atoms with Gasteiger partial charge in [0.25, 0.3) is 0 Å². The van der Waals surface area contributed by atoms with Crippen molar-refractivity contribution in [2.24, 2.45) is 0 Å². The minimum Gasteiger partial charge on any atom is -0.325 e. The van der Waals surface area contributed by atoms with Gasteiger partial charge in [-0.05, 0) is 63.4 Å². The number of thioether (sulfide) groups is 1. The van der Waals surface area contributed by atoms with Crippen LogP contribution in [-0.4, -0.2) is 51.7 Å². The third-order valence-corrected chi connectivity index (χ3v) is 8.79. The summed E-state index contributed by atoms with van der Waals surface area (Å²) in [6, 6.07) is 12.6. The predicted molar refractivity (Wildman–Crippen MR) is 134 cm³/mol. The van der Waals surface area contributed by atoms with Crippen LogP contribution >= 0.6 is 11.8 Å². The Hall–Kier alpha value is -2.69. The lowest BCUT2D eigenvalue weighted by Crippen LogP contribution is -2.35. The molecule has 0 bridgehead atoms. The summed E-state index contributed by atoms with van der Waals surface area (Å²) in [6.07, 6.45) is 4.43. The first-order chi connectivity index (χ1) is 16.3. The van der Waals surface area contributed by atoms with E-state index in [-0.39, 0.29) is 10.8 Å². The number of nitrogens with zero attached hydrogens (tertiary/aromatic N) is 4. The Labute approximate surface area is 204 Å². The average molecular weight is 500 g/mol. The second kappa shape index (κ2) is 10.3. The molecule has 1 fully saturated rings. The van der Waals surface area contributed by atoms with E-state index in [9.17, 15) is 13.2 Å². The summed E-state index contributed by atoms with van der Waals surface area (Å²) >= 11 is 1.30. The van der Waals surface area contributed by atoms with Crippen LogP contribution in [0.5, 0.6) is 0 Å². The molecule has 1 aliphatic heterocycles. The number of carbonyl (C=O) groups is 1. The molecule has 2 aromatic carbocycles. The Morgan fingerprint density at radius 3 is 2.59 bits per heavy atom. The molecule has 10 heteroatoms. The minimum absolute atomic E-state index is 0.196. The van der Waals surface area contributed by atoms with Gasteiger partial charge < -0.3 is 5.32 Å². The fraction of sp³-hybridized carbons (Fsp3) is 0.375. The summed E-state index contributed by atoms with van der Waals surface area (Å²) < 4.78 is 29.4. The van der Waals surface area contributed by atoms with Crippen LogP contribution in [0.25, 0.3) is 5.69 Å². The highest BCUT2D eigenvalue weighted by Crippen LogP contribution is 2.27. The van der Waals surface area contributed by atoms with Crippen molar-refractivity contribution in [3.05, 3.63) is 59.9 Å². The highest BCUT2D eigenvalue weighted by molar-refractivity contribution is 8.00. The number of amides is 1. The topological polar surface area (TPSA) is 97.2 Å². The maximum Gasteiger partial charge on any atom is 0.243 e. The Morgan fingerprint density at radius 2 is 1.85 bits per heavy atom.